The summed E-state index contributed by atoms with van der Waals surface area (Å²) in [5.41, 5.74) is 0. The highest BCUT2D eigenvalue weighted by atomic mass is 16.5. The summed E-state index contributed by atoms with van der Waals surface area (Å²) < 4.78 is 4.89. The van der Waals surface area contributed by atoms with E-state index in [-0.39, 0.29) is 12.1 Å². The molecule has 0 fully saturated rings. The Morgan fingerprint density at radius 1 is 1.50 bits per heavy atom. The van der Waals surface area contributed by atoms with Crippen molar-refractivity contribution in [1.82, 2.24) is 0 Å². The van der Waals surface area contributed by atoms with Crippen molar-refractivity contribution in [2.24, 2.45) is 4.99 Å². The zero-order valence-electron chi connectivity index (χ0n) is 9.19. The van der Waals surface area contributed by atoms with Gasteiger partial charge in [-0.2, -0.15) is 0 Å². The lowest BCUT2D eigenvalue weighted by Crippen LogP contribution is -2.08. The van der Waals surface area contributed by atoms with Crippen molar-refractivity contribution in [2.45, 2.75) is 39.7 Å². The Balaban J connectivity index is 3.60. The Hall–Kier alpha value is -1.12. The Morgan fingerprint density at radius 2 is 2.21 bits per heavy atom. The van der Waals surface area contributed by atoms with Crippen molar-refractivity contribution >= 4 is 12.2 Å². The number of allylic oxidation sites excluding steroid dienone is 1. The third kappa shape index (κ3) is 8.97. The molecule has 0 aromatic carbocycles. The van der Waals surface area contributed by atoms with E-state index >= 15 is 0 Å². The number of unbranched alkanes of at least 4 members (excludes halogenated alkanes) is 1. The molecule has 0 unspecified atom stereocenters. The second-order valence-corrected chi connectivity index (χ2v) is 3.25. The number of esters is 1. The molecule has 3 nitrogen and oxygen atoms in total. The molecule has 0 aromatic rings. The fourth-order valence-electron chi connectivity index (χ4n) is 0.778. The average molecular weight is 197 g/mol. The molecule has 0 heterocycles. The van der Waals surface area contributed by atoms with Crippen LogP contribution in [-0.2, 0) is 9.53 Å². The molecule has 0 aromatic heterocycles. The van der Waals surface area contributed by atoms with Crippen LogP contribution >= 0.6 is 0 Å². The van der Waals surface area contributed by atoms with E-state index < -0.39 is 0 Å². The van der Waals surface area contributed by atoms with E-state index in [1.807, 2.05) is 13.8 Å². The summed E-state index contributed by atoms with van der Waals surface area (Å²) in [4.78, 5) is 15.1. The lowest BCUT2D eigenvalue weighted by atomic mass is 10.3. The monoisotopic (exact) mass is 197 g/mol. The first-order valence-electron chi connectivity index (χ1n) is 5.04. The normalized spacial score (nSPS) is 11.7. The lowest BCUT2D eigenvalue weighted by Gasteiger charge is -2.03. The Kier molecular flexibility index (Phi) is 7.80. The molecule has 0 aliphatic heterocycles. The van der Waals surface area contributed by atoms with E-state index in [4.69, 9.17) is 4.74 Å². The van der Waals surface area contributed by atoms with Crippen LogP contribution in [0.2, 0.25) is 0 Å². The molecule has 0 amide bonds. The van der Waals surface area contributed by atoms with Gasteiger partial charge in [-0.05, 0) is 26.3 Å². The highest BCUT2D eigenvalue weighted by molar-refractivity contribution is 5.87. The third-order valence-electron chi connectivity index (χ3n) is 1.42. The predicted octanol–water partition coefficient (Wildman–Crippen LogP) is 2.37. The number of carbonyl (C=O) groups excluding carboxylic acids is 1. The zero-order valence-corrected chi connectivity index (χ0v) is 9.19. The summed E-state index contributed by atoms with van der Waals surface area (Å²) >= 11 is 0. The van der Waals surface area contributed by atoms with Gasteiger partial charge >= 0.3 is 5.97 Å². The van der Waals surface area contributed by atoms with Crippen LogP contribution in [0.4, 0.5) is 0 Å². The number of ether oxygens (including phenoxy) is 1. The summed E-state index contributed by atoms with van der Waals surface area (Å²) in [5, 5.41) is 0. The summed E-state index contributed by atoms with van der Waals surface area (Å²) in [7, 11) is 0. The fourth-order valence-corrected chi connectivity index (χ4v) is 0.778. The molecule has 3 heteroatoms. The molecule has 0 spiro atoms. The molecular weight excluding hydrogens is 178 g/mol. The predicted molar refractivity (Wildman–Crippen MR) is 58.6 cm³/mol. The number of hydrogen-bond acceptors (Lipinski definition) is 3. The second kappa shape index (κ2) is 8.48. The summed E-state index contributed by atoms with van der Waals surface area (Å²) in [6.45, 7) is 6.58. The lowest BCUT2D eigenvalue weighted by molar-refractivity contribution is -0.141. The maximum atomic E-state index is 11.0. The molecule has 0 N–H and O–H groups in total. The summed E-state index contributed by atoms with van der Waals surface area (Å²) in [6, 6.07) is 0. The van der Waals surface area contributed by atoms with E-state index in [9.17, 15) is 4.79 Å². The Morgan fingerprint density at radius 3 is 2.79 bits per heavy atom. The van der Waals surface area contributed by atoms with Gasteiger partial charge in [0.25, 0.3) is 0 Å². The minimum absolute atomic E-state index is 0.0656. The first kappa shape index (κ1) is 12.9. The quantitative estimate of drug-likeness (QED) is 0.284. The van der Waals surface area contributed by atoms with Gasteiger partial charge < -0.3 is 4.74 Å². The highest BCUT2D eigenvalue weighted by Gasteiger charge is 1.97. The van der Waals surface area contributed by atoms with E-state index in [1.54, 1.807) is 12.3 Å². The molecule has 14 heavy (non-hydrogen) atoms. The maximum absolute atomic E-state index is 11.0. The smallest absolute Gasteiger partial charge is 0.331 e. The Bertz CT molecular complexity index is 207. The van der Waals surface area contributed by atoms with Gasteiger partial charge in [-0.15, -0.1) is 0 Å². The van der Waals surface area contributed by atoms with Crippen LogP contribution in [0.1, 0.15) is 33.6 Å². The van der Waals surface area contributed by atoms with Gasteiger partial charge in [0.05, 0.1) is 6.10 Å². The molecule has 0 aliphatic carbocycles. The van der Waals surface area contributed by atoms with Crippen LogP contribution in [0.3, 0.4) is 0 Å². The number of rotatable bonds is 6. The van der Waals surface area contributed by atoms with Crippen molar-refractivity contribution in [2.75, 3.05) is 6.54 Å². The second-order valence-electron chi connectivity index (χ2n) is 3.25. The van der Waals surface area contributed by atoms with Crippen LogP contribution in [0.5, 0.6) is 0 Å². The van der Waals surface area contributed by atoms with Gasteiger partial charge in [-0.25, -0.2) is 4.79 Å². The molecule has 0 rings (SSSR count). The largest absolute Gasteiger partial charge is 0.460 e. The molecule has 0 saturated heterocycles. The molecular formula is C11H19NO2. The van der Waals surface area contributed by atoms with Crippen molar-refractivity contribution in [3.05, 3.63) is 12.2 Å². The minimum atomic E-state index is -0.318. The first-order chi connectivity index (χ1) is 6.66. The number of hydrogen-bond donors (Lipinski definition) is 0. The van der Waals surface area contributed by atoms with Gasteiger partial charge in [0.2, 0.25) is 0 Å². The van der Waals surface area contributed by atoms with E-state index in [1.165, 1.54) is 6.08 Å². The minimum Gasteiger partial charge on any atom is -0.460 e. The third-order valence-corrected chi connectivity index (χ3v) is 1.42. The van der Waals surface area contributed by atoms with Gasteiger partial charge in [0.1, 0.15) is 0 Å². The van der Waals surface area contributed by atoms with Crippen LogP contribution in [-0.4, -0.2) is 24.8 Å². The molecule has 0 bridgehead atoms. The van der Waals surface area contributed by atoms with Gasteiger partial charge in [0.15, 0.2) is 0 Å². The van der Waals surface area contributed by atoms with Gasteiger partial charge in [-0.1, -0.05) is 13.3 Å². The van der Waals surface area contributed by atoms with Crippen LogP contribution in [0.15, 0.2) is 17.1 Å². The van der Waals surface area contributed by atoms with Gasteiger partial charge in [-0.3, -0.25) is 4.99 Å². The number of aliphatic imine (C=N–C) groups is 1. The molecule has 80 valence electrons. The SMILES string of the molecule is CCCCN=C/C=C/C(=O)OC(C)C. The van der Waals surface area contributed by atoms with Gasteiger partial charge in [0, 0.05) is 18.8 Å². The van der Waals surface area contributed by atoms with Crippen molar-refractivity contribution in [1.29, 1.82) is 0 Å². The summed E-state index contributed by atoms with van der Waals surface area (Å²) in [5.74, 6) is -0.318. The molecule has 0 aliphatic rings. The number of carbonyl (C=O) groups is 1. The molecule has 0 atom stereocenters. The number of nitrogens with zero attached hydrogens (tertiary/aromatic N) is 1. The first-order valence-corrected chi connectivity index (χ1v) is 5.04. The van der Waals surface area contributed by atoms with Crippen molar-refractivity contribution < 1.29 is 9.53 Å². The standard InChI is InChI=1S/C11H19NO2/c1-4-5-8-12-9-6-7-11(13)14-10(2)3/h6-7,9-10H,4-5,8H2,1-3H3/b7-6+,12-9?. The molecule has 0 radical (unpaired) electrons. The Labute approximate surface area is 85.9 Å². The van der Waals surface area contributed by atoms with Crippen LogP contribution in [0, 0.1) is 0 Å². The van der Waals surface area contributed by atoms with E-state index in [2.05, 4.69) is 11.9 Å². The molecule has 0 saturated carbocycles. The van der Waals surface area contributed by atoms with Crippen molar-refractivity contribution in [3.63, 3.8) is 0 Å². The average Bonchev–Trinajstić information content (AvgIpc) is 2.10. The topological polar surface area (TPSA) is 38.7 Å². The maximum Gasteiger partial charge on any atom is 0.331 e. The summed E-state index contributed by atoms with van der Waals surface area (Å²) in [6.07, 6.45) is 6.79. The fraction of sp³-hybridized carbons (Fsp3) is 0.636. The van der Waals surface area contributed by atoms with Crippen molar-refractivity contribution in [3.8, 4) is 0 Å². The zero-order chi connectivity index (χ0) is 10.8. The van der Waals surface area contributed by atoms with E-state index in [0.717, 1.165) is 19.4 Å². The van der Waals surface area contributed by atoms with Crippen LogP contribution in [0.25, 0.3) is 0 Å². The van der Waals surface area contributed by atoms with Crippen LogP contribution < -0.4 is 0 Å². The highest BCUT2D eigenvalue weighted by Crippen LogP contribution is 1.90. The van der Waals surface area contributed by atoms with E-state index in [0.29, 0.717) is 0 Å².